The van der Waals surface area contributed by atoms with Crippen LogP contribution in [0.3, 0.4) is 0 Å². The van der Waals surface area contributed by atoms with Crippen molar-refractivity contribution in [1.82, 2.24) is 0 Å². The van der Waals surface area contributed by atoms with E-state index in [4.69, 9.17) is 0 Å². The SMILES string of the molecule is Cc1cc(C(C)(C)c2ccc(C(C)(C)c3cc(C)c(O)c(C)c3)cc2)cc(C)c1O. The Balaban J connectivity index is 1.99. The van der Waals surface area contributed by atoms with Crippen LogP contribution >= 0.6 is 0 Å². The van der Waals surface area contributed by atoms with Crippen LogP contribution in [0.15, 0.2) is 48.5 Å². The summed E-state index contributed by atoms with van der Waals surface area (Å²) in [7, 11) is 0. The topological polar surface area (TPSA) is 40.5 Å². The van der Waals surface area contributed by atoms with E-state index in [1.54, 1.807) is 0 Å². The molecule has 2 nitrogen and oxygen atoms in total. The fraction of sp³-hybridized carbons (Fsp3) is 0.357. The van der Waals surface area contributed by atoms with Crippen molar-refractivity contribution >= 4 is 0 Å². The van der Waals surface area contributed by atoms with Crippen LogP contribution in [0.1, 0.15) is 72.2 Å². The van der Waals surface area contributed by atoms with E-state index >= 15 is 0 Å². The lowest BCUT2D eigenvalue weighted by atomic mass is 9.74. The third-order valence-corrected chi connectivity index (χ3v) is 6.75. The van der Waals surface area contributed by atoms with Gasteiger partial charge in [0.1, 0.15) is 11.5 Å². The molecule has 0 heterocycles. The van der Waals surface area contributed by atoms with E-state index in [0.29, 0.717) is 11.5 Å². The van der Waals surface area contributed by atoms with Gasteiger partial charge in [-0.3, -0.25) is 0 Å². The van der Waals surface area contributed by atoms with Crippen LogP contribution in [-0.4, -0.2) is 10.2 Å². The fourth-order valence-electron chi connectivity index (χ4n) is 4.27. The fourth-order valence-corrected chi connectivity index (χ4v) is 4.27. The molecule has 3 aromatic carbocycles. The Morgan fingerprint density at radius 2 is 0.700 bits per heavy atom. The van der Waals surface area contributed by atoms with Crippen molar-refractivity contribution in [3.05, 3.63) is 93.0 Å². The molecule has 30 heavy (non-hydrogen) atoms. The molecule has 0 saturated carbocycles. The summed E-state index contributed by atoms with van der Waals surface area (Å²) < 4.78 is 0. The average Bonchev–Trinajstić information content (AvgIpc) is 2.69. The number of hydrogen-bond donors (Lipinski definition) is 2. The minimum Gasteiger partial charge on any atom is -0.507 e. The Hall–Kier alpha value is -2.74. The summed E-state index contributed by atoms with van der Waals surface area (Å²) in [5.41, 5.74) is 8.19. The molecule has 0 aliphatic rings. The van der Waals surface area contributed by atoms with E-state index < -0.39 is 0 Å². The maximum Gasteiger partial charge on any atom is 0.121 e. The molecule has 0 aromatic heterocycles. The number of phenolic OH excluding ortho intramolecular Hbond substituents is 2. The lowest BCUT2D eigenvalue weighted by molar-refractivity contribution is 0.465. The highest BCUT2D eigenvalue weighted by Gasteiger charge is 2.28. The van der Waals surface area contributed by atoms with Crippen LogP contribution in [0.2, 0.25) is 0 Å². The number of hydrogen-bond acceptors (Lipinski definition) is 2. The lowest BCUT2D eigenvalue weighted by Gasteiger charge is -2.30. The zero-order valence-corrected chi connectivity index (χ0v) is 19.5. The quantitative estimate of drug-likeness (QED) is 0.494. The van der Waals surface area contributed by atoms with Gasteiger partial charge in [0.2, 0.25) is 0 Å². The van der Waals surface area contributed by atoms with Crippen molar-refractivity contribution in [2.45, 2.75) is 66.2 Å². The third kappa shape index (κ3) is 3.71. The molecule has 3 aromatic rings. The van der Waals surface area contributed by atoms with Crippen LogP contribution in [0.5, 0.6) is 11.5 Å². The molecule has 2 heteroatoms. The van der Waals surface area contributed by atoms with Crippen molar-refractivity contribution in [2.24, 2.45) is 0 Å². The van der Waals surface area contributed by atoms with Crippen molar-refractivity contribution in [3.8, 4) is 11.5 Å². The third-order valence-electron chi connectivity index (χ3n) is 6.75. The number of aryl methyl sites for hydroxylation is 4. The van der Waals surface area contributed by atoms with Gasteiger partial charge >= 0.3 is 0 Å². The highest BCUT2D eigenvalue weighted by atomic mass is 16.3. The Bertz CT molecular complexity index is 952. The highest BCUT2D eigenvalue weighted by Crippen LogP contribution is 2.38. The second kappa shape index (κ2) is 7.50. The monoisotopic (exact) mass is 402 g/mol. The maximum absolute atomic E-state index is 10.1. The minimum absolute atomic E-state index is 0.169. The van der Waals surface area contributed by atoms with Crippen LogP contribution in [-0.2, 0) is 10.8 Å². The Morgan fingerprint density at radius 3 is 0.933 bits per heavy atom. The zero-order chi connectivity index (χ0) is 22.4. The standard InChI is InChI=1S/C28H34O2/c1-17-13-23(14-18(2)25(17)29)27(5,6)21-9-11-22(12-10-21)28(7,8)24-15-19(3)26(30)20(4)16-24/h9-16,29-30H,1-8H3. The summed E-state index contributed by atoms with van der Waals surface area (Å²) in [6, 6.07) is 17.2. The van der Waals surface area contributed by atoms with Gasteiger partial charge in [-0.2, -0.15) is 0 Å². The second-order valence-corrected chi connectivity index (χ2v) is 9.74. The molecule has 0 radical (unpaired) electrons. The summed E-state index contributed by atoms with van der Waals surface area (Å²) >= 11 is 0. The molecule has 3 rings (SSSR count). The maximum atomic E-state index is 10.1. The largest absolute Gasteiger partial charge is 0.507 e. The normalized spacial score (nSPS) is 12.3. The summed E-state index contributed by atoms with van der Waals surface area (Å²) in [6.45, 7) is 16.7. The van der Waals surface area contributed by atoms with E-state index in [2.05, 4.69) is 76.2 Å². The van der Waals surface area contributed by atoms with Crippen LogP contribution in [0.4, 0.5) is 0 Å². The zero-order valence-electron chi connectivity index (χ0n) is 19.5. The molecule has 0 amide bonds. The van der Waals surface area contributed by atoms with Crippen LogP contribution < -0.4 is 0 Å². The van der Waals surface area contributed by atoms with Crippen molar-refractivity contribution in [2.75, 3.05) is 0 Å². The van der Waals surface area contributed by atoms with Crippen molar-refractivity contribution in [1.29, 1.82) is 0 Å². The summed E-state index contributed by atoms with van der Waals surface area (Å²) in [5.74, 6) is 0.761. The predicted molar refractivity (Wildman–Crippen MR) is 126 cm³/mol. The van der Waals surface area contributed by atoms with Crippen molar-refractivity contribution < 1.29 is 10.2 Å². The van der Waals surface area contributed by atoms with Crippen LogP contribution in [0, 0.1) is 27.7 Å². The number of benzene rings is 3. The van der Waals surface area contributed by atoms with E-state index in [-0.39, 0.29) is 10.8 Å². The van der Waals surface area contributed by atoms with Gasteiger partial charge in [-0.1, -0.05) is 76.2 Å². The van der Waals surface area contributed by atoms with Gasteiger partial charge in [0.25, 0.3) is 0 Å². The van der Waals surface area contributed by atoms with Gasteiger partial charge in [-0.05, 0) is 72.2 Å². The molecule has 0 aliphatic carbocycles. The Morgan fingerprint density at radius 1 is 0.467 bits per heavy atom. The van der Waals surface area contributed by atoms with E-state index in [1.165, 1.54) is 22.3 Å². The molecule has 0 atom stereocenters. The molecule has 0 aliphatic heterocycles. The highest BCUT2D eigenvalue weighted by molar-refractivity contribution is 5.50. The molecule has 2 N–H and O–H groups in total. The molecule has 0 saturated heterocycles. The Labute approximate surface area is 181 Å². The number of aromatic hydroxyl groups is 2. The average molecular weight is 403 g/mol. The first-order valence-electron chi connectivity index (χ1n) is 10.6. The molecule has 158 valence electrons. The molecular formula is C28H34O2. The first kappa shape index (κ1) is 22.0. The smallest absolute Gasteiger partial charge is 0.121 e. The van der Waals surface area contributed by atoms with Crippen molar-refractivity contribution in [3.63, 3.8) is 0 Å². The van der Waals surface area contributed by atoms with Gasteiger partial charge in [0.05, 0.1) is 0 Å². The van der Waals surface area contributed by atoms with Gasteiger partial charge < -0.3 is 10.2 Å². The second-order valence-electron chi connectivity index (χ2n) is 9.74. The molecule has 0 spiro atoms. The Kier molecular flexibility index (Phi) is 5.49. The summed E-state index contributed by atoms with van der Waals surface area (Å²) in [6.07, 6.45) is 0. The molecule has 0 unspecified atom stereocenters. The van der Waals surface area contributed by atoms with E-state index in [0.717, 1.165) is 22.3 Å². The first-order valence-corrected chi connectivity index (χ1v) is 10.6. The molecular weight excluding hydrogens is 368 g/mol. The summed E-state index contributed by atoms with van der Waals surface area (Å²) in [5, 5.41) is 20.3. The van der Waals surface area contributed by atoms with Gasteiger partial charge in [0.15, 0.2) is 0 Å². The molecule has 0 fully saturated rings. The number of phenols is 2. The summed E-state index contributed by atoms with van der Waals surface area (Å²) in [4.78, 5) is 0. The van der Waals surface area contributed by atoms with Gasteiger partial charge in [-0.15, -0.1) is 0 Å². The lowest BCUT2D eigenvalue weighted by Crippen LogP contribution is -2.22. The van der Waals surface area contributed by atoms with Crippen LogP contribution in [0.25, 0.3) is 0 Å². The first-order chi connectivity index (χ1) is 13.9. The van der Waals surface area contributed by atoms with Gasteiger partial charge in [-0.25, -0.2) is 0 Å². The van der Waals surface area contributed by atoms with E-state index in [9.17, 15) is 10.2 Å². The van der Waals surface area contributed by atoms with E-state index in [1.807, 2.05) is 27.7 Å². The van der Waals surface area contributed by atoms with Gasteiger partial charge in [0, 0.05) is 10.8 Å². The predicted octanol–water partition coefficient (Wildman–Crippen LogP) is 6.98. The minimum atomic E-state index is -0.169. The number of rotatable bonds is 4. The molecule has 0 bridgehead atoms.